The topological polar surface area (TPSA) is 35.9 Å². The molecular weight excluding hydrogens is 374 g/mol. The lowest BCUT2D eigenvalue weighted by Gasteiger charge is -2.20. The maximum atomic E-state index is 6.22. The van der Waals surface area contributed by atoms with Crippen molar-refractivity contribution in [3.05, 3.63) is 78.9 Å². The Kier molecular flexibility index (Phi) is 2.94. The van der Waals surface area contributed by atoms with Crippen molar-refractivity contribution in [1.82, 2.24) is 9.13 Å². The van der Waals surface area contributed by atoms with E-state index in [0.29, 0.717) is 6.67 Å². The van der Waals surface area contributed by atoms with Crippen LogP contribution >= 0.6 is 11.8 Å². The van der Waals surface area contributed by atoms with Crippen LogP contribution in [-0.2, 0) is 6.67 Å². The van der Waals surface area contributed by atoms with Crippen LogP contribution < -0.4 is 5.73 Å². The summed E-state index contributed by atoms with van der Waals surface area (Å²) in [4.78, 5) is 2.58. The van der Waals surface area contributed by atoms with Gasteiger partial charge >= 0.3 is 0 Å². The lowest BCUT2D eigenvalue weighted by Crippen LogP contribution is -2.06. The van der Waals surface area contributed by atoms with Crippen molar-refractivity contribution >= 4 is 55.4 Å². The summed E-state index contributed by atoms with van der Waals surface area (Å²) in [5.74, 6) is 0. The summed E-state index contributed by atoms with van der Waals surface area (Å²) in [5, 5.41) is 5.20. The minimum Gasteiger partial charge on any atom is -0.327 e. The lowest BCUT2D eigenvalue weighted by molar-refractivity contribution is 0.790. The molecule has 0 unspecified atom stereocenters. The largest absolute Gasteiger partial charge is 0.327 e. The van der Waals surface area contributed by atoms with E-state index in [4.69, 9.17) is 5.73 Å². The van der Waals surface area contributed by atoms with E-state index >= 15 is 0 Å². The number of benzene rings is 4. The Morgan fingerprint density at radius 3 is 2.21 bits per heavy atom. The molecule has 0 spiro atoms. The van der Waals surface area contributed by atoms with E-state index in [-0.39, 0.29) is 0 Å². The second kappa shape index (κ2) is 5.44. The average molecular weight is 391 g/mol. The van der Waals surface area contributed by atoms with Gasteiger partial charge in [0.2, 0.25) is 0 Å². The van der Waals surface area contributed by atoms with Gasteiger partial charge in [-0.15, -0.1) is 0 Å². The Bertz CT molecular complexity index is 1620. The van der Waals surface area contributed by atoms with Crippen LogP contribution in [0.4, 0.5) is 0 Å². The van der Waals surface area contributed by atoms with E-state index < -0.39 is 0 Å². The molecule has 0 amide bonds. The number of nitrogens with zero attached hydrogens (tertiary/aromatic N) is 2. The third-order valence-electron chi connectivity index (χ3n) is 6.15. The Morgan fingerprint density at radius 2 is 1.38 bits per heavy atom. The number of hydrogen-bond donors (Lipinski definition) is 1. The Balaban J connectivity index is 1.85. The van der Waals surface area contributed by atoms with Gasteiger partial charge in [0.15, 0.2) is 0 Å². The summed E-state index contributed by atoms with van der Waals surface area (Å²) in [6.45, 7) is 0.467. The lowest BCUT2D eigenvalue weighted by atomic mass is 10.1. The molecule has 6 aromatic rings. The van der Waals surface area contributed by atoms with Gasteiger partial charge in [-0.1, -0.05) is 60.3 Å². The Hall–Kier alpha value is -3.21. The number of rotatable bonds is 1. The molecule has 0 saturated carbocycles. The highest BCUT2D eigenvalue weighted by atomic mass is 32.2. The molecule has 3 heterocycles. The van der Waals surface area contributed by atoms with Gasteiger partial charge in [-0.25, -0.2) is 0 Å². The SMILES string of the molecule is NCn1c2ccccc2c2c3c4ccccc4n4c3c(cc21)Sc1ccccc1-4. The minimum atomic E-state index is 0.467. The van der Waals surface area contributed by atoms with Gasteiger partial charge in [-0.2, -0.15) is 0 Å². The predicted octanol–water partition coefficient (Wildman–Crippen LogP) is 6.27. The standard InChI is InChI=1S/C25H17N3S/c26-14-27-17-9-3-1-7-15(17)23-20(27)13-22-25-24(23)16-8-2-4-10-18(16)28(25)19-11-5-6-12-21(19)29-22/h1-13H,14,26H2. The maximum absolute atomic E-state index is 6.22. The molecule has 7 rings (SSSR count). The summed E-state index contributed by atoms with van der Waals surface area (Å²) < 4.78 is 4.69. The van der Waals surface area contributed by atoms with Crippen molar-refractivity contribution in [2.75, 3.05) is 0 Å². The summed E-state index contributed by atoms with van der Waals surface area (Å²) >= 11 is 1.86. The first kappa shape index (κ1) is 15.7. The van der Waals surface area contributed by atoms with Crippen LogP contribution in [0.2, 0.25) is 0 Å². The highest BCUT2D eigenvalue weighted by Gasteiger charge is 2.26. The fourth-order valence-corrected chi connectivity index (χ4v) is 6.13. The van der Waals surface area contributed by atoms with Gasteiger partial charge in [-0.3, -0.25) is 0 Å². The molecule has 0 saturated heterocycles. The quantitative estimate of drug-likeness (QED) is 0.358. The smallest absolute Gasteiger partial charge is 0.0707 e. The normalized spacial score (nSPS) is 13.0. The molecule has 1 aliphatic heterocycles. The number of aromatic nitrogens is 2. The summed E-state index contributed by atoms with van der Waals surface area (Å²) in [5.41, 5.74) is 12.5. The van der Waals surface area contributed by atoms with Crippen LogP contribution in [0.25, 0.3) is 49.3 Å². The number of para-hydroxylation sites is 3. The molecule has 29 heavy (non-hydrogen) atoms. The first-order chi connectivity index (χ1) is 14.4. The van der Waals surface area contributed by atoms with Gasteiger partial charge in [0, 0.05) is 31.3 Å². The zero-order valence-corrected chi connectivity index (χ0v) is 16.4. The van der Waals surface area contributed by atoms with Gasteiger partial charge in [0.25, 0.3) is 0 Å². The fourth-order valence-electron chi connectivity index (χ4n) is 5.03. The van der Waals surface area contributed by atoms with Gasteiger partial charge in [0.05, 0.1) is 34.4 Å². The molecule has 2 aromatic heterocycles. The van der Waals surface area contributed by atoms with Crippen LogP contribution in [-0.4, -0.2) is 9.13 Å². The first-order valence-corrected chi connectivity index (χ1v) is 10.6. The van der Waals surface area contributed by atoms with Gasteiger partial charge < -0.3 is 14.9 Å². The minimum absolute atomic E-state index is 0.467. The molecule has 0 atom stereocenters. The van der Waals surface area contributed by atoms with Crippen LogP contribution in [0.3, 0.4) is 0 Å². The molecule has 2 N–H and O–H groups in total. The van der Waals surface area contributed by atoms with Crippen molar-refractivity contribution in [1.29, 1.82) is 0 Å². The molecule has 4 aromatic carbocycles. The summed E-state index contributed by atoms with van der Waals surface area (Å²) in [7, 11) is 0. The molecule has 0 aliphatic carbocycles. The third kappa shape index (κ3) is 1.83. The highest BCUT2D eigenvalue weighted by molar-refractivity contribution is 7.99. The van der Waals surface area contributed by atoms with E-state index in [1.807, 2.05) is 11.8 Å². The second-order valence-corrected chi connectivity index (χ2v) is 8.63. The van der Waals surface area contributed by atoms with Crippen molar-refractivity contribution in [2.45, 2.75) is 16.5 Å². The molecule has 0 fully saturated rings. The predicted molar refractivity (Wildman–Crippen MR) is 122 cm³/mol. The number of nitrogens with two attached hydrogens (primary N) is 1. The van der Waals surface area contributed by atoms with Crippen molar-refractivity contribution in [3.63, 3.8) is 0 Å². The van der Waals surface area contributed by atoms with Gasteiger partial charge in [0.1, 0.15) is 0 Å². The van der Waals surface area contributed by atoms with E-state index in [0.717, 1.165) is 0 Å². The van der Waals surface area contributed by atoms with E-state index in [1.165, 1.54) is 59.1 Å². The summed E-state index contributed by atoms with van der Waals surface area (Å²) in [6, 6.07) is 28.4. The van der Waals surface area contributed by atoms with Crippen molar-refractivity contribution in [3.8, 4) is 5.69 Å². The van der Waals surface area contributed by atoms with Crippen LogP contribution in [0, 0.1) is 0 Å². The van der Waals surface area contributed by atoms with Crippen molar-refractivity contribution < 1.29 is 0 Å². The highest BCUT2D eigenvalue weighted by Crippen LogP contribution is 2.50. The monoisotopic (exact) mass is 391 g/mol. The average Bonchev–Trinajstić information content (AvgIpc) is 3.28. The van der Waals surface area contributed by atoms with Crippen LogP contribution in [0.15, 0.2) is 88.7 Å². The molecule has 138 valence electrons. The molecule has 4 heteroatoms. The van der Waals surface area contributed by atoms with E-state index in [1.54, 1.807) is 0 Å². The van der Waals surface area contributed by atoms with Gasteiger partial charge in [-0.05, 0) is 30.3 Å². The summed E-state index contributed by atoms with van der Waals surface area (Å²) in [6.07, 6.45) is 0. The number of fused-ring (bicyclic) bond motifs is 9. The van der Waals surface area contributed by atoms with Crippen molar-refractivity contribution in [2.24, 2.45) is 5.73 Å². The molecule has 0 bridgehead atoms. The maximum Gasteiger partial charge on any atom is 0.0707 e. The molecule has 1 aliphatic rings. The van der Waals surface area contributed by atoms with E-state index in [2.05, 4.69) is 88.0 Å². The Morgan fingerprint density at radius 1 is 0.690 bits per heavy atom. The van der Waals surface area contributed by atoms with Crippen LogP contribution in [0.5, 0.6) is 0 Å². The Labute approximate surface area is 171 Å². The third-order valence-corrected chi connectivity index (χ3v) is 7.24. The zero-order chi connectivity index (χ0) is 19.1. The molecular formula is C25H17N3S. The fraction of sp³-hybridized carbons (Fsp3) is 0.0400. The number of hydrogen-bond acceptors (Lipinski definition) is 2. The second-order valence-electron chi connectivity index (χ2n) is 7.54. The first-order valence-electron chi connectivity index (χ1n) is 9.81. The molecule has 0 radical (unpaired) electrons. The molecule has 3 nitrogen and oxygen atoms in total. The van der Waals surface area contributed by atoms with Crippen LogP contribution in [0.1, 0.15) is 0 Å². The zero-order valence-electron chi connectivity index (χ0n) is 15.6. The van der Waals surface area contributed by atoms with E-state index in [9.17, 15) is 0 Å².